The Morgan fingerprint density at radius 3 is 2.20 bits per heavy atom. The highest BCUT2D eigenvalue weighted by atomic mass is 16.7. The van der Waals surface area contributed by atoms with Crippen LogP contribution in [0.5, 0.6) is 0 Å². The minimum absolute atomic E-state index is 0.413. The van der Waals surface area contributed by atoms with E-state index in [1.165, 1.54) is 52.1 Å². The SMILES string of the molecule is CCCCCC(CCCC)CCCOC(=O)N(C)OC. The van der Waals surface area contributed by atoms with Gasteiger partial charge in [-0.2, -0.15) is 5.06 Å². The maximum Gasteiger partial charge on any atom is 0.433 e. The summed E-state index contributed by atoms with van der Waals surface area (Å²) in [5, 5.41) is 1.11. The largest absolute Gasteiger partial charge is 0.448 e. The van der Waals surface area contributed by atoms with Crippen LogP contribution >= 0.6 is 0 Å². The molecular formula is C16H33NO3. The van der Waals surface area contributed by atoms with Gasteiger partial charge in [-0.1, -0.05) is 58.8 Å². The number of nitrogens with zero attached hydrogens (tertiary/aromatic N) is 1. The number of hydrogen-bond donors (Lipinski definition) is 0. The van der Waals surface area contributed by atoms with E-state index < -0.39 is 6.09 Å². The van der Waals surface area contributed by atoms with Crippen LogP contribution in [0.2, 0.25) is 0 Å². The molecule has 0 fully saturated rings. The summed E-state index contributed by atoms with van der Waals surface area (Å²) in [5.41, 5.74) is 0. The Hall–Kier alpha value is -0.770. The molecule has 0 aliphatic rings. The zero-order chi connectivity index (χ0) is 15.2. The van der Waals surface area contributed by atoms with Crippen molar-refractivity contribution in [3.8, 4) is 0 Å². The van der Waals surface area contributed by atoms with Crippen molar-refractivity contribution in [1.29, 1.82) is 0 Å². The first kappa shape index (κ1) is 19.2. The average molecular weight is 287 g/mol. The summed E-state index contributed by atoms with van der Waals surface area (Å²) in [5.74, 6) is 0.792. The highest BCUT2D eigenvalue weighted by molar-refractivity contribution is 5.65. The fourth-order valence-corrected chi connectivity index (χ4v) is 2.31. The van der Waals surface area contributed by atoms with Crippen LogP contribution in [0.15, 0.2) is 0 Å². The molecule has 20 heavy (non-hydrogen) atoms. The highest BCUT2D eigenvalue weighted by Crippen LogP contribution is 2.21. The van der Waals surface area contributed by atoms with E-state index in [1.54, 1.807) is 7.05 Å². The van der Waals surface area contributed by atoms with Gasteiger partial charge in [-0.3, -0.25) is 4.84 Å². The molecule has 0 aliphatic carbocycles. The molecule has 120 valence electrons. The molecule has 0 bridgehead atoms. The van der Waals surface area contributed by atoms with Gasteiger partial charge in [-0.15, -0.1) is 0 Å². The maximum absolute atomic E-state index is 11.4. The minimum Gasteiger partial charge on any atom is -0.448 e. The number of ether oxygens (including phenoxy) is 1. The molecule has 0 saturated heterocycles. The summed E-state index contributed by atoms with van der Waals surface area (Å²) in [4.78, 5) is 16.1. The van der Waals surface area contributed by atoms with Crippen molar-refractivity contribution in [1.82, 2.24) is 5.06 Å². The molecule has 4 heteroatoms. The Balaban J connectivity index is 3.79. The molecule has 1 amide bonds. The van der Waals surface area contributed by atoms with Gasteiger partial charge < -0.3 is 4.74 Å². The van der Waals surface area contributed by atoms with Crippen LogP contribution in [0.1, 0.15) is 71.6 Å². The normalized spacial score (nSPS) is 12.2. The average Bonchev–Trinajstić information content (AvgIpc) is 2.47. The molecule has 0 aliphatic heterocycles. The fraction of sp³-hybridized carbons (Fsp3) is 0.938. The van der Waals surface area contributed by atoms with Crippen LogP contribution in [0.25, 0.3) is 0 Å². The van der Waals surface area contributed by atoms with E-state index in [-0.39, 0.29) is 0 Å². The first-order valence-electron chi connectivity index (χ1n) is 8.10. The van der Waals surface area contributed by atoms with E-state index in [2.05, 4.69) is 13.8 Å². The Morgan fingerprint density at radius 2 is 1.60 bits per heavy atom. The first-order valence-corrected chi connectivity index (χ1v) is 8.10. The van der Waals surface area contributed by atoms with Crippen LogP contribution < -0.4 is 0 Å². The van der Waals surface area contributed by atoms with Gasteiger partial charge in [0.05, 0.1) is 13.7 Å². The molecule has 0 radical (unpaired) electrons. The summed E-state index contributed by atoms with van der Waals surface area (Å²) in [6.45, 7) is 4.97. The van der Waals surface area contributed by atoms with Gasteiger partial charge in [-0.05, 0) is 18.8 Å². The number of amides is 1. The number of rotatable bonds is 12. The first-order chi connectivity index (χ1) is 9.65. The molecule has 0 N–H and O–H groups in total. The third-order valence-corrected chi connectivity index (χ3v) is 3.70. The number of hydrogen-bond acceptors (Lipinski definition) is 3. The standard InChI is InChI=1S/C16H33NO3/c1-5-7-9-12-15(11-8-6-2)13-10-14-20-16(18)17(3)19-4/h15H,5-14H2,1-4H3. The lowest BCUT2D eigenvalue weighted by atomic mass is 9.91. The lowest BCUT2D eigenvalue weighted by molar-refractivity contribution is -0.0906. The highest BCUT2D eigenvalue weighted by Gasteiger charge is 2.11. The summed E-state index contributed by atoms with van der Waals surface area (Å²) < 4.78 is 5.14. The number of carbonyl (C=O) groups excluding carboxylic acids is 1. The van der Waals surface area contributed by atoms with Crippen molar-refractivity contribution < 1.29 is 14.4 Å². The number of carbonyl (C=O) groups is 1. The Morgan fingerprint density at radius 1 is 1.00 bits per heavy atom. The lowest BCUT2D eigenvalue weighted by Crippen LogP contribution is -2.26. The van der Waals surface area contributed by atoms with Crippen LogP contribution in [0.3, 0.4) is 0 Å². The van der Waals surface area contributed by atoms with E-state index in [9.17, 15) is 4.79 Å². The van der Waals surface area contributed by atoms with Crippen molar-refractivity contribution in [3.63, 3.8) is 0 Å². The molecule has 4 nitrogen and oxygen atoms in total. The molecule has 0 aromatic rings. The van der Waals surface area contributed by atoms with E-state index in [0.717, 1.165) is 23.8 Å². The second kappa shape index (κ2) is 13.2. The maximum atomic E-state index is 11.4. The van der Waals surface area contributed by atoms with Crippen LogP contribution in [0.4, 0.5) is 4.79 Å². The summed E-state index contributed by atoms with van der Waals surface area (Å²) in [7, 11) is 3.01. The Bertz CT molecular complexity index is 234. The molecule has 0 aromatic carbocycles. The van der Waals surface area contributed by atoms with E-state index in [1.807, 2.05) is 0 Å². The second-order valence-electron chi connectivity index (χ2n) is 5.44. The molecule has 1 atom stereocenters. The van der Waals surface area contributed by atoms with Gasteiger partial charge in [0.15, 0.2) is 0 Å². The fourth-order valence-electron chi connectivity index (χ4n) is 2.31. The summed E-state index contributed by atoms with van der Waals surface area (Å²) >= 11 is 0. The third kappa shape index (κ3) is 10.1. The van der Waals surface area contributed by atoms with Crippen molar-refractivity contribution >= 4 is 6.09 Å². The quantitative estimate of drug-likeness (QED) is 0.383. The smallest absolute Gasteiger partial charge is 0.433 e. The summed E-state index contributed by atoms with van der Waals surface area (Å²) in [6.07, 6.45) is 10.8. The molecule has 1 unspecified atom stereocenters. The molecule has 0 aromatic heterocycles. The van der Waals surface area contributed by atoms with Crippen molar-refractivity contribution in [2.75, 3.05) is 20.8 Å². The van der Waals surface area contributed by atoms with Crippen molar-refractivity contribution in [3.05, 3.63) is 0 Å². The number of unbranched alkanes of at least 4 members (excludes halogenated alkanes) is 3. The van der Waals surface area contributed by atoms with E-state index in [4.69, 9.17) is 9.57 Å². The van der Waals surface area contributed by atoms with E-state index >= 15 is 0 Å². The van der Waals surface area contributed by atoms with Gasteiger partial charge >= 0.3 is 6.09 Å². The van der Waals surface area contributed by atoms with Crippen LogP contribution in [-0.2, 0) is 9.57 Å². The predicted octanol–water partition coefficient (Wildman–Crippen LogP) is 4.78. The molecule has 0 spiro atoms. The zero-order valence-corrected chi connectivity index (χ0v) is 13.8. The second-order valence-corrected chi connectivity index (χ2v) is 5.44. The molecule has 0 rings (SSSR count). The zero-order valence-electron chi connectivity index (χ0n) is 13.8. The molecular weight excluding hydrogens is 254 g/mol. The monoisotopic (exact) mass is 287 g/mol. The van der Waals surface area contributed by atoms with Gasteiger partial charge in [0, 0.05) is 7.05 Å². The van der Waals surface area contributed by atoms with E-state index in [0.29, 0.717) is 6.61 Å². The van der Waals surface area contributed by atoms with Crippen LogP contribution in [-0.4, -0.2) is 31.9 Å². The van der Waals surface area contributed by atoms with Gasteiger partial charge in [0.25, 0.3) is 0 Å². The summed E-state index contributed by atoms with van der Waals surface area (Å²) in [6, 6.07) is 0. The van der Waals surface area contributed by atoms with Crippen molar-refractivity contribution in [2.45, 2.75) is 71.6 Å². The predicted molar refractivity (Wildman–Crippen MR) is 82.5 cm³/mol. The van der Waals surface area contributed by atoms with Crippen LogP contribution in [0, 0.1) is 5.92 Å². The van der Waals surface area contributed by atoms with Gasteiger partial charge in [-0.25, -0.2) is 4.79 Å². The Kier molecular flexibility index (Phi) is 12.7. The molecule has 0 heterocycles. The Labute approximate surface area is 124 Å². The minimum atomic E-state index is -0.413. The number of hydroxylamine groups is 2. The van der Waals surface area contributed by atoms with Gasteiger partial charge in [0.2, 0.25) is 0 Å². The van der Waals surface area contributed by atoms with Crippen molar-refractivity contribution in [2.24, 2.45) is 5.92 Å². The lowest BCUT2D eigenvalue weighted by Gasteiger charge is -2.17. The topological polar surface area (TPSA) is 38.8 Å². The third-order valence-electron chi connectivity index (χ3n) is 3.70. The molecule has 0 saturated carbocycles. The van der Waals surface area contributed by atoms with Gasteiger partial charge in [0.1, 0.15) is 0 Å².